The molecular weight excluding hydrogens is 235 g/mol. The number of rotatable bonds is 3. The third-order valence-electron chi connectivity index (χ3n) is 2.32. The van der Waals surface area contributed by atoms with Crippen LogP contribution in [0.4, 0.5) is 10.1 Å². The Hall–Kier alpha value is -2.56. The average molecular weight is 246 g/mol. The minimum Gasteiger partial charge on any atom is -0.457 e. The lowest BCUT2D eigenvalue weighted by Gasteiger charge is -2.08. The van der Waals surface area contributed by atoms with Gasteiger partial charge in [-0.3, -0.25) is 4.79 Å². The molecule has 0 aromatic heterocycles. The van der Waals surface area contributed by atoms with Crippen LogP contribution in [0.5, 0.6) is 11.5 Å². The maximum atomic E-state index is 13.0. The van der Waals surface area contributed by atoms with Crippen molar-refractivity contribution >= 4 is 11.6 Å². The molecule has 92 valence electrons. The zero-order valence-electron chi connectivity index (χ0n) is 9.39. The molecule has 0 saturated carbocycles. The molecule has 0 aliphatic rings. The number of carbonyl (C=O) groups excluding carboxylic acids is 1. The molecule has 0 saturated heterocycles. The number of halogens is 1. The highest BCUT2D eigenvalue weighted by molar-refractivity contribution is 5.98. The molecule has 2 rings (SSSR count). The first-order valence-electron chi connectivity index (χ1n) is 5.19. The third-order valence-corrected chi connectivity index (χ3v) is 2.32. The summed E-state index contributed by atoms with van der Waals surface area (Å²) >= 11 is 0. The molecule has 0 fully saturated rings. The van der Waals surface area contributed by atoms with Crippen LogP contribution in [0.25, 0.3) is 0 Å². The molecule has 18 heavy (non-hydrogen) atoms. The van der Waals surface area contributed by atoms with Gasteiger partial charge < -0.3 is 16.2 Å². The van der Waals surface area contributed by atoms with Crippen molar-refractivity contribution in [1.82, 2.24) is 0 Å². The number of primary amides is 1. The maximum Gasteiger partial charge on any atom is 0.250 e. The number of benzene rings is 2. The number of anilines is 1. The van der Waals surface area contributed by atoms with Crippen molar-refractivity contribution in [2.75, 3.05) is 5.73 Å². The Morgan fingerprint density at radius 1 is 1.11 bits per heavy atom. The van der Waals surface area contributed by atoms with E-state index in [0.29, 0.717) is 11.5 Å². The van der Waals surface area contributed by atoms with Crippen molar-refractivity contribution in [2.24, 2.45) is 5.73 Å². The van der Waals surface area contributed by atoms with Gasteiger partial charge in [0.15, 0.2) is 0 Å². The second-order valence-corrected chi connectivity index (χ2v) is 3.67. The Labute approximate surface area is 103 Å². The first-order valence-corrected chi connectivity index (χ1v) is 5.19. The summed E-state index contributed by atoms with van der Waals surface area (Å²) in [5.74, 6) is -0.353. The van der Waals surface area contributed by atoms with Gasteiger partial charge in [0, 0.05) is 11.8 Å². The summed E-state index contributed by atoms with van der Waals surface area (Å²) < 4.78 is 18.4. The number of amides is 1. The van der Waals surface area contributed by atoms with Crippen LogP contribution >= 0.6 is 0 Å². The van der Waals surface area contributed by atoms with Gasteiger partial charge in [0.1, 0.15) is 17.3 Å². The fourth-order valence-corrected chi connectivity index (χ4v) is 1.48. The lowest BCUT2D eigenvalue weighted by atomic mass is 10.1. The van der Waals surface area contributed by atoms with Crippen molar-refractivity contribution in [2.45, 2.75) is 0 Å². The fourth-order valence-electron chi connectivity index (χ4n) is 1.48. The van der Waals surface area contributed by atoms with E-state index in [9.17, 15) is 9.18 Å². The monoisotopic (exact) mass is 246 g/mol. The molecule has 2 aromatic carbocycles. The van der Waals surface area contributed by atoms with E-state index in [0.717, 1.165) is 0 Å². The van der Waals surface area contributed by atoms with Crippen molar-refractivity contribution < 1.29 is 13.9 Å². The molecule has 0 radical (unpaired) electrons. The first kappa shape index (κ1) is 11.9. The van der Waals surface area contributed by atoms with Crippen LogP contribution in [-0.4, -0.2) is 5.91 Å². The van der Waals surface area contributed by atoms with Crippen molar-refractivity contribution in [3.63, 3.8) is 0 Å². The number of hydrogen-bond donors (Lipinski definition) is 2. The summed E-state index contributed by atoms with van der Waals surface area (Å²) in [6, 6.07) is 10.2. The number of nitrogens with two attached hydrogens (primary N) is 2. The summed E-state index contributed by atoms with van der Waals surface area (Å²) in [6.45, 7) is 0. The van der Waals surface area contributed by atoms with Gasteiger partial charge in [0.05, 0.1) is 5.56 Å². The zero-order valence-corrected chi connectivity index (χ0v) is 9.39. The van der Waals surface area contributed by atoms with Gasteiger partial charge in [-0.05, 0) is 30.3 Å². The SMILES string of the molecule is NC(=O)c1cc(Oc2cccc(F)c2)ccc1N. The summed E-state index contributed by atoms with van der Waals surface area (Å²) in [4.78, 5) is 11.1. The predicted octanol–water partition coefficient (Wildman–Crippen LogP) is 2.30. The normalized spacial score (nSPS) is 10.1. The lowest BCUT2D eigenvalue weighted by molar-refractivity contribution is 0.100. The highest BCUT2D eigenvalue weighted by Gasteiger charge is 2.08. The quantitative estimate of drug-likeness (QED) is 0.815. The minimum atomic E-state index is -0.641. The highest BCUT2D eigenvalue weighted by Crippen LogP contribution is 2.25. The first-order chi connectivity index (χ1) is 8.56. The average Bonchev–Trinajstić information content (AvgIpc) is 2.31. The molecule has 0 bridgehead atoms. The predicted molar refractivity (Wildman–Crippen MR) is 65.8 cm³/mol. The fraction of sp³-hybridized carbons (Fsp3) is 0. The second-order valence-electron chi connectivity index (χ2n) is 3.67. The molecule has 0 unspecified atom stereocenters. The molecule has 5 heteroatoms. The van der Waals surface area contributed by atoms with Gasteiger partial charge in [-0.2, -0.15) is 0 Å². The lowest BCUT2D eigenvalue weighted by Crippen LogP contribution is -2.13. The summed E-state index contributed by atoms with van der Waals surface area (Å²) in [7, 11) is 0. The molecule has 0 aliphatic heterocycles. The van der Waals surface area contributed by atoms with E-state index in [4.69, 9.17) is 16.2 Å². The number of nitrogen functional groups attached to an aromatic ring is 1. The molecule has 4 N–H and O–H groups in total. The molecule has 2 aromatic rings. The summed E-state index contributed by atoms with van der Waals surface area (Å²) in [5, 5.41) is 0. The number of hydrogen-bond acceptors (Lipinski definition) is 3. The van der Waals surface area contributed by atoms with Crippen LogP contribution in [0.15, 0.2) is 42.5 Å². The molecule has 0 atom stereocenters. The van der Waals surface area contributed by atoms with Gasteiger partial charge in [0.25, 0.3) is 5.91 Å². The van der Waals surface area contributed by atoms with E-state index < -0.39 is 11.7 Å². The van der Waals surface area contributed by atoms with Gasteiger partial charge in [0.2, 0.25) is 0 Å². The van der Waals surface area contributed by atoms with Crippen LogP contribution in [0.3, 0.4) is 0 Å². The topological polar surface area (TPSA) is 78.3 Å². The second kappa shape index (κ2) is 4.75. The molecule has 0 spiro atoms. The number of ether oxygens (including phenoxy) is 1. The smallest absolute Gasteiger partial charge is 0.250 e. The van der Waals surface area contributed by atoms with Crippen LogP contribution < -0.4 is 16.2 Å². The van der Waals surface area contributed by atoms with E-state index in [1.807, 2.05) is 0 Å². The Morgan fingerprint density at radius 2 is 1.83 bits per heavy atom. The van der Waals surface area contributed by atoms with Crippen LogP contribution in [-0.2, 0) is 0 Å². The van der Waals surface area contributed by atoms with E-state index in [1.54, 1.807) is 12.1 Å². The van der Waals surface area contributed by atoms with Gasteiger partial charge in [-0.1, -0.05) is 6.07 Å². The standard InChI is InChI=1S/C13H11FN2O2/c14-8-2-1-3-9(6-8)18-10-4-5-12(15)11(7-10)13(16)17/h1-7H,15H2,(H2,16,17). The van der Waals surface area contributed by atoms with Crippen LogP contribution in [0.1, 0.15) is 10.4 Å². The van der Waals surface area contributed by atoms with Crippen LogP contribution in [0.2, 0.25) is 0 Å². The third kappa shape index (κ3) is 2.57. The maximum absolute atomic E-state index is 13.0. The van der Waals surface area contributed by atoms with Crippen molar-refractivity contribution in [3.05, 3.63) is 53.8 Å². The Kier molecular flexibility index (Phi) is 3.14. The van der Waals surface area contributed by atoms with Gasteiger partial charge in [-0.25, -0.2) is 4.39 Å². The minimum absolute atomic E-state index is 0.170. The Bertz CT molecular complexity index is 599. The molecule has 0 heterocycles. The summed E-state index contributed by atoms with van der Waals surface area (Å²) in [6.07, 6.45) is 0. The highest BCUT2D eigenvalue weighted by atomic mass is 19.1. The van der Waals surface area contributed by atoms with E-state index >= 15 is 0 Å². The van der Waals surface area contributed by atoms with Gasteiger partial charge >= 0.3 is 0 Å². The van der Waals surface area contributed by atoms with Crippen LogP contribution in [0, 0.1) is 5.82 Å². The van der Waals surface area contributed by atoms with Gasteiger partial charge in [-0.15, -0.1) is 0 Å². The zero-order chi connectivity index (χ0) is 13.1. The van der Waals surface area contributed by atoms with E-state index in [1.165, 1.54) is 30.3 Å². The van der Waals surface area contributed by atoms with Crippen molar-refractivity contribution in [3.8, 4) is 11.5 Å². The van der Waals surface area contributed by atoms with E-state index in [2.05, 4.69) is 0 Å². The molecule has 1 amide bonds. The van der Waals surface area contributed by atoms with E-state index in [-0.39, 0.29) is 11.3 Å². The molecular formula is C13H11FN2O2. The number of carbonyl (C=O) groups is 1. The Morgan fingerprint density at radius 3 is 2.50 bits per heavy atom. The Balaban J connectivity index is 2.30. The molecule has 4 nitrogen and oxygen atoms in total. The molecule has 0 aliphatic carbocycles. The largest absolute Gasteiger partial charge is 0.457 e. The van der Waals surface area contributed by atoms with Crippen molar-refractivity contribution in [1.29, 1.82) is 0 Å². The summed E-state index contributed by atoms with van der Waals surface area (Å²) in [5.41, 5.74) is 11.2.